The van der Waals surface area contributed by atoms with Crippen molar-refractivity contribution >= 4 is 18.3 Å². The van der Waals surface area contributed by atoms with E-state index in [0.29, 0.717) is 78.9 Å². The molecule has 0 spiro atoms. The minimum atomic E-state index is -0.318. The Morgan fingerprint density at radius 3 is 2.15 bits per heavy atom. The Hall–Kier alpha value is -4.11. The molecule has 59 heavy (non-hydrogen) atoms. The first-order valence-electron chi connectivity index (χ1n) is 20.9. The predicted molar refractivity (Wildman–Crippen MR) is 232 cm³/mol. The number of hydrogen-bond donors (Lipinski definition) is 1. The van der Waals surface area contributed by atoms with Crippen LogP contribution in [-0.4, -0.2) is 135 Å². The molecule has 0 radical (unpaired) electrons. The molecule has 3 aromatic rings. The van der Waals surface area contributed by atoms with Gasteiger partial charge in [-0.3, -0.25) is 9.59 Å². The lowest BCUT2D eigenvalue weighted by molar-refractivity contribution is -0.141. The number of aromatic nitrogens is 1. The number of ether oxygens (including phenoxy) is 7. The van der Waals surface area contributed by atoms with Gasteiger partial charge in [0.05, 0.1) is 66.4 Å². The van der Waals surface area contributed by atoms with E-state index < -0.39 is 0 Å². The topological polar surface area (TPSA) is 144 Å². The highest BCUT2D eigenvalue weighted by molar-refractivity contribution is 5.71. The van der Waals surface area contributed by atoms with E-state index in [9.17, 15) is 9.59 Å². The number of carbonyl (C=O) groups is 2. The monoisotopic (exact) mass is 823 g/mol. The first-order valence-corrected chi connectivity index (χ1v) is 20.9. The lowest BCUT2D eigenvalue weighted by Crippen LogP contribution is -2.27. The second-order valence-corrected chi connectivity index (χ2v) is 15.6. The third kappa shape index (κ3) is 20.6. The van der Waals surface area contributed by atoms with Crippen LogP contribution in [0.4, 0.5) is 5.82 Å². The van der Waals surface area contributed by atoms with E-state index in [4.69, 9.17) is 39.1 Å². The Kier molecular flexibility index (Phi) is 23.7. The van der Waals surface area contributed by atoms with Gasteiger partial charge in [-0.2, -0.15) is 0 Å². The van der Waals surface area contributed by atoms with Gasteiger partial charge < -0.3 is 48.7 Å². The lowest BCUT2D eigenvalue weighted by atomic mass is 9.92. The van der Waals surface area contributed by atoms with E-state index in [1.165, 1.54) is 24.8 Å². The Morgan fingerprint density at radius 1 is 0.881 bits per heavy atom. The van der Waals surface area contributed by atoms with Crippen molar-refractivity contribution in [1.82, 2.24) is 9.88 Å². The maximum Gasteiger partial charge on any atom is 0.306 e. The maximum atomic E-state index is 12.5. The molecule has 0 saturated heterocycles. The number of nitrogens with two attached hydrogens (primary N) is 1. The van der Waals surface area contributed by atoms with Crippen LogP contribution in [0.2, 0.25) is 0 Å². The SMILES string of the molecule is CC(C)(C)OC=O.COC(=O)CC(CN(C)CCCCc1ccc2c(n1)N(C)CCC2)c1cccc(-c2ccc(OCCOCCOCCOCCOCCN)cc2)c1. The largest absolute Gasteiger partial charge is 0.491 e. The first kappa shape index (κ1) is 49.3. The summed E-state index contributed by atoms with van der Waals surface area (Å²) in [4.78, 5) is 31.6. The van der Waals surface area contributed by atoms with Crippen molar-refractivity contribution in [1.29, 1.82) is 0 Å². The zero-order valence-corrected chi connectivity index (χ0v) is 36.5. The van der Waals surface area contributed by atoms with Gasteiger partial charge in [0.1, 0.15) is 23.8 Å². The number of benzene rings is 2. The second-order valence-electron chi connectivity index (χ2n) is 15.6. The van der Waals surface area contributed by atoms with E-state index in [0.717, 1.165) is 73.6 Å². The quantitative estimate of drug-likeness (QED) is 0.0539. The van der Waals surface area contributed by atoms with Crippen LogP contribution in [0.25, 0.3) is 11.1 Å². The van der Waals surface area contributed by atoms with E-state index in [-0.39, 0.29) is 17.5 Å². The number of unbranched alkanes of at least 4 members (excludes halogenated alkanes) is 1. The summed E-state index contributed by atoms with van der Waals surface area (Å²) < 4.78 is 37.3. The van der Waals surface area contributed by atoms with E-state index in [2.05, 4.69) is 77.2 Å². The number of pyridine rings is 1. The number of rotatable bonds is 27. The highest BCUT2D eigenvalue weighted by atomic mass is 16.6. The lowest BCUT2D eigenvalue weighted by Gasteiger charge is -2.26. The fraction of sp³-hybridized carbons (Fsp3) is 0.587. The van der Waals surface area contributed by atoms with Gasteiger partial charge in [0.15, 0.2) is 0 Å². The minimum Gasteiger partial charge on any atom is -0.491 e. The van der Waals surface area contributed by atoms with Crippen molar-refractivity contribution < 1.29 is 42.7 Å². The molecule has 13 heteroatoms. The molecule has 13 nitrogen and oxygen atoms in total. The first-order chi connectivity index (χ1) is 28.5. The second kappa shape index (κ2) is 28.4. The summed E-state index contributed by atoms with van der Waals surface area (Å²) in [5, 5.41) is 0. The molecular weight excluding hydrogens is 753 g/mol. The molecule has 328 valence electrons. The molecule has 2 N–H and O–H groups in total. The summed E-state index contributed by atoms with van der Waals surface area (Å²) in [5.41, 5.74) is 10.9. The molecule has 0 bridgehead atoms. The molecule has 1 aliphatic rings. The molecule has 0 fully saturated rings. The summed E-state index contributed by atoms with van der Waals surface area (Å²) >= 11 is 0. The van der Waals surface area contributed by atoms with Crippen LogP contribution < -0.4 is 15.4 Å². The standard InChI is InChI=1S/C41H60N4O7.C5H10O2/c1-44(19-5-4-11-38-15-12-34-10-7-20-45(2)41(34)43-38)32-37(31-40(46)47-3)36-9-6-8-35(30-36)33-13-16-39(17-14-33)52-29-28-51-27-26-50-25-24-49-23-22-48-21-18-42;1-5(2,3)7-4-6/h6,8-9,12-17,30,37H,4-5,7,10-11,18-29,31-32,42H2,1-3H3;4H,1-3H3. The molecule has 4 rings (SSSR count). The molecule has 0 aliphatic carbocycles. The van der Waals surface area contributed by atoms with Gasteiger partial charge in [0, 0.05) is 38.3 Å². The summed E-state index contributed by atoms with van der Waals surface area (Å²) in [6.45, 7) is 13.8. The van der Waals surface area contributed by atoms with Gasteiger partial charge in [-0.15, -0.1) is 0 Å². The normalized spacial score (nSPS) is 13.0. The number of anilines is 1. The van der Waals surface area contributed by atoms with Gasteiger partial charge in [-0.25, -0.2) is 4.98 Å². The molecular formula is C46H70N4O9. The van der Waals surface area contributed by atoms with E-state index in [1.807, 2.05) is 32.9 Å². The van der Waals surface area contributed by atoms with Crippen LogP contribution in [0.3, 0.4) is 0 Å². The van der Waals surface area contributed by atoms with Gasteiger partial charge >= 0.3 is 5.97 Å². The molecule has 0 saturated carbocycles. The Bertz CT molecular complexity index is 1600. The van der Waals surface area contributed by atoms with Gasteiger partial charge in [0.2, 0.25) is 0 Å². The number of aryl methyl sites for hydroxylation is 2. The van der Waals surface area contributed by atoms with Crippen molar-refractivity contribution in [2.75, 3.05) is 112 Å². The molecule has 1 unspecified atom stereocenters. The fourth-order valence-electron chi connectivity index (χ4n) is 6.45. The highest BCUT2D eigenvalue weighted by Crippen LogP contribution is 2.29. The van der Waals surface area contributed by atoms with Crippen molar-refractivity contribution in [2.45, 2.75) is 70.8 Å². The van der Waals surface area contributed by atoms with Crippen LogP contribution in [0.5, 0.6) is 5.75 Å². The molecule has 2 heterocycles. The average molecular weight is 823 g/mol. The van der Waals surface area contributed by atoms with Gasteiger partial charge in [-0.05, 0) is 107 Å². The van der Waals surface area contributed by atoms with Crippen LogP contribution in [0, 0.1) is 0 Å². The van der Waals surface area contributed by atoms with Crippen LogP contribution in [0.15, 0.2) is 60.7 Å². The third-order valence-corrected chi connectivity index (χ3v) is 9.53. The number of hydrogen-bond acceptors (Lipinski definition) is 13. The van der Waals surface area contributed by atoms with Crippen molar-refractivity contribution in [3.8, 4) is 16.9 Å². The maximum absolute atomic E-state index is 12.5. The summed E-state index contributed by atoms with van der Waals surface area (Å²) in [7, 11) is 5.73. The highest BCUT2D eigenvalue weighted by Gasteiger charge is 2.20. The number of carbonyl (C=O) groups excluding carboxylic acids is 2. The zero-order valence-electron chi connectivity index (χ0n) is 36.5. The zero-order chi connectivity index (χ0) is 42.7. The number of esters is 1. The Balaban J connectivity index is 0.00000122. The number of methoxy groups -OCH3 is 1. The molecule has 1 aliphatic heterocycles. The van der Waals surface area contributed by atoms with Crippen LogP contribution >= 0.6 is 0 Å². The fourth-order valence-corrected chi connectivity index (χ4v) is 6.45. The average Bonchev–Trinajstić information content (AvgIpc) is 3.22. The summed E-state index contributed by atoms with van der Waals surface area (Å²) in [6.07, 6.45) is 5.76. The molecule has 0 amide bonds. The van der Waals surface area contributed by atoms with Crippen molar-refractivity contribution in [2.24, 2.45) is 5.73 Å². The third-order valence-electron chi connectivity index (χ3n) is 9.53. The van der Waals surface area contributed by atoms with Crippen molar-refractivity contribution in [3.05, 3.63) is 77.5 Å². The molecule has 2 aromatic carbocycles. The van der Waals surface area contributed by atoms with Gasteiger partial charge in [0.25, 0.3) is 6.47 Å². The Labute approximate surface area is 352 Å². The molecule has 1 atom stereocenters. The minimum absolute atomic E-state index is 0.0169. The Morgan fingerprint density at radius 2 is 1.54 bits per heavy atom. The van der Waals surface area contributed by atoms with E-state index >= 15 is 0 Å². The summed E-state index contributed by atoms with van der Waals surface area (Å²) in [5.74, 6) is 1.75. The van der Waals surface area contributed by atoms with Gasteiger partial charge in [-0.1, -0.05) is 42.5 Å². The van der Waals surface area contributed by atoms with Crippen molar-refractivity contribution in [3.63, 3.8) is 0 Å². The number of fused-ring (bicyclic) bond motifs is 1. The smallest absolute Gasteiger partial charge is 0.306 e. The van der Waals surface area contributed by atoms with E-state index in [1.54, 1.807) is 0 Å². The van der Waals surface area contributed by atoms with Crippen LogP contribution in [-0.2, 0) is 50.9 Å². The number of nitrogens with zero attached hydrogens (tertiary/aromatic N) is 3. The summed E-state index contributed by atoms with van der Waals surface area (Å²) in [6, 6.07) is 21.0. The molecule has 1 aromatic heterocycles. The van der Waals surface area contributed by atoms with Crippen LogP contribution in [0.1, 0.15) is 69.2 Å². The predicted octanol–water partition coefficient (Wildman–Crippen LogP) is 6.09. The number of likely N-dealkylation sites (N-methyl/N-ethyl adjacent to an activating group) is 1.